The van der Waals surface area contributed by atoms with Crippen LogP contribution in [0.3, 0.4) is 0 Å². The Labute approximate surface area is 267 Å². The Bertz CT molecular complexity index is 2660. The first kappa shape index (κ1) is 21.7. The van der Waals surface area contributed by atoms with E-state index in [1.54, 1.807) is 0 Å². The molecule has 9 rings (SSSR count). The summed E-state index contributed by atoms with van der Waals surface area (Å²) in [5.41, 5.74) is 7.66. The minimum atomic E-state index is -0.0587. The smallest absolute Gasteiger partial charge is 0.143 e. The van der Waals surface area contributed by atoms with Crippen LogP contribution in [-0.4, -0.2) is 0 Å². The molecule has 0 atom stereocenters. The van der Waals surface area contributed by atoms with E-state index >= 15 is 0 Å². The second-order valence-electron chi connectivity index (χ2n) is 11.3. The molecule has 0 aliphatic heterocycles. The topological polar surface area (TPSA) is 13.1 Å². The molecule has 45 heavy (non-hydrogen) atoms. The third-order valence-corrected chi connectivity index (χ3v) is 8.75. The maximum absolute atomic E-state index is 9.32. The van der Waals surface area contributed by atoms with Gasteiger partial charge in [0, 0.05) is 16.3 Å². The van der Waals surface area contributed by atoms with Crippen LogP contribution in [0.4, 0.5) is 0 Å². The average molecular weight is 577 g/mol. The lowest BCUT2D eigenvalue weighted by Gasteiger charge is -2.20. The van der Waals surface area contributed by atoms with E-state index < -0.39 is 0 Å². The zero-order valence-corrected chi connectivity index (χ0v) is 24.3. The maximum Gasteiger partial charge on any atom is 0.143 e. The molecule has 1 heteroatoms. The summed E-state index contributed by atoms with van der Waals surface area (Å²) in [5.74, 6) is 0. The minimum Gasteiger partial charge on any atom is -0.455 e. The van der Waals surface area contributed by atoms with Crippen molar-refractivity contribution in [3.05, 3.63) is 170 Å². The first-order chi connectivity index (χ1) is 24.0. The Morgan fingerprint density at radius 1 is 0.333 bits per heavy atom. The van der Waals surface area contributed by atoms with Gasteiger partial charge in [0.15, 0.2) is 0 Å². The molecular weight excluding hydrogens is 544 g/mol. The molecule has 1 aromatic heterocycles. The van der Waals surface area contributed by atoms with E-state index in [0.717, 1.165) is 65.7 Å². The summed E-state index contributed by atoms with van der Waals surface area (Å²) in [6.45, 7) is 0. The highest BCUT2D eigenvalue weighted by molar-refractivity contribution is 6.24. The fourth-order valence-electron chi connectivity index (χ4n) is 6.76. The maximum atomic E-state index is 9.32. The fraction of sp³-hybridized carbons (Fsp3) is 0. The minimum absolute atomic E-state index is 0.0545. The molecule has 0 amide bonds. The largest absolute Gasteiger partial charge is 0.455 e. The van der Waals surface area contributed by atoms with Crippen molar-refractivity contribution in [2.24, 2.45) is 0 Å². The molecule has 0 fully saturated rings. The SMILES string of the molecule is [2H]c1c([2H])c(-c2c3ccccc3c(-c3ccc4c(oc5ccccc54)c3-c3ccccc3)c3ccccc23)c([2H])c([2H])c1-c1ccccc1. The Morgan fingerprint density at radius 3 is 1.44 bits per heavy atom. The number of hydrogen-bond acceptors (Lipinski definition) is 1. The van der Waals surface area contributed by atoms with E-state index in [-0.39, 0.29) is 24.2 Å². The summed E-state index contributed by atoms with van der Waals surface area (Å²) in [4.78, 5) is 0. The van der Waals surface area contributed by atoms with Gasteiger partial charge in [0.05, 0.1) is 5.48 Å². The van der Waals surface area contributed by atoms with E-state index in [4.69, 9.17) is 7.16 Å². The van der Waals surface area contributed by atoms with Crippen molar-refractivity contribution in [1.82, 2.24) is 0 Å². The van der Waals surface area contributed by atoms with Crippen molar-refractivity contribution >= 4 is 43.5 Å². The molecule has 1 heterocycles. The lowest BCUT2D eigenvalue weighted by Crippen LogP contribution is -1.93. The number of benzene rings is 8. The van der Waals surface area contributed by atoms with Crippen LogP contribution in [0.5, 0.6) is 0 Å². The lowest BCUT2D eigenvalue weighted by molar-refractivity contribution is 0.670. The van der Waals surface area contributed by atoms with E-state index in [0.29, 0.717) is 22.3 Å². The average Bonchev–Trinajstić information content (AvgIpc) is 3.53. The predicted octanol–water partition coefficient (Wildman–Crippen LogP) is 12.6. The molecule has 0 aliphatic rings. The first-order valence-corrected chi connectivity index (χ1v) is 15.1. The third-order valence-electron chi connectivity index (χ3n) is 8.75. The molecule has 1 nitrogen and oxygen atoms in total. The lowest BCUT2D eigenvalue weighted by atomic mass is 9.83. The summed E-state index contributed by atoms with van der Waals surface area (Å²) >= 11 is 0. The van der Waals surface area contributed by atoms with Crippen molar-refractivity contribution in [3.63, 3.8) is 0 Å². The highest BCUT2D eigenvalue weighted by atomic mass is 16.3. The summed E-state index contributed by atoms with van der Waals surface area (Å²) in [6, 6.07) is 48.0. The predicted molar refractivity (Wildman–Crippen MR) is 190 cm³/mol. The van der Waals surface area contributed by atoms with Gasteiger partial charge in [-0.05, 0) is 72.6 Å². The van der Waals surface area contributed by atoms with Gasteiger partial charge in [-0.3, -0.25) is 0 Å². The van der Waals surface area contributed by atoms with Gasteiger partial charge in [0.1, 0.15) is 11.2 Å². The molecule has 0 bridgehead atoms. The molecule has 0 saturated heterocycles. The standard InChI is InChI=1S/C44H28O/c1-3-13-29(14-4-1)30-23-25-32(26-24-30)41-34-18-7-9-20-36(34)43(37-21-10-8-19-35(37)41)39-28-27-38-33-17-11-12-22-40(33)45-44(38)42(39)31-15-5-2-6-16-31/h1-28H/i23D,24D,25D,26D. The highest BCUT2D eigenvalue weighted by Gasteiger charge is 2.22. The van der Waals surface area contributed by atoms with Gasteiger partial charge in [-0.15, -0.1) is 0 Å². The van der Waals surface area contributed by atoms with Gasteiger partial charge in [-0.1, -0.05) is 158 Å². The number of furan rings is 1. The molecule has 0 radical (unpaired) electrons. The van der Waals surface area contributed by atoms with E-state index in [9.17, 15) is 2.74 Å². The van der Waals surface area contributed by atoms with Crippen LogP contribution in [0.25, 0.3) is 88.0 Å². The second-order valence-corrected chi connectivity index (χ2v) is 11.3. The van der Waals surface area contributed by atoms with Crippen molar-refractivity contribution in [2.45, 2.75) is 0 Å². The van der Waals surface area contributed by atoms with Gasteiger partial charge in [-0.25, -0.2) is 0 Å². The molecule has 0 spiro atoms. The Kier molecular flexibility index (Phi) is 5.00. The van der Waals surface area contributed by atoms with Crippen molar-refractivity contribution < 1.29 is 9.90 Å². The third kappa shape index (κ3) is 4.09. The van der Waals surface area contributed by atoms with E-state index in [1.165, 1.54) is 0 Å². The first-order valence-electron chi connectivity index (χ1n) is 17.1. The van der Waals surface area contributed by atoms with Crippen molar-refractivity contribution in [1.29, 1.82) is 0 Å². The molecule has 0 N–H and O–H groups in total. The Morgan fingerprint density at radius 2 is 0.822 bits per heavy atom. The number of rotatable bonds is 4. The summed E-state index contributed by atoms with van der Waals surface area (Å²) in [6.07, 6.45) is 0. The van der Waals surface area contributed by atoms with Crippen LogP contribution < -0.4 is 0 Å². The van der Waals surface area contributed by atoms with Gasteiger partial charge in [0.2, 0.25) is 0 Å². The summed E-state index contributed by atoms with van der Waals surface area (Å²) in [7, 11) is 0. The van der Waals surface area contributed by atoms with Gasteiger partial charge < -0.3 is 4.42 Å². The molecule has 0 aliphatic carbocycles. The second kappa shape index (κ2) is 10.4. The van der Waals surface area contributed by atoms with E-state index in [1.807, 2.05) is 103 Å². The highest BCUT2D eigenvalue weighted by Crippen LogP contribution is 2.48. The zero-order chi connectivity index (χ0) is 33.2. The van der Waals surface area contributed by atoms with Crippen LogP contribution >= 0.6 is 0 Å². The fourth-order valence-corrected chi connectivity index (χ4v) is 6.76. The Balaban J connectivity index is 1.42. The summed E-state index contributed by atoms with van der Waals surface area (Å²) < 4.78 is 43.5. The van der Waals surface area contributed by atoms with Crippen molar-refractivity contribution in [2.75, 3.05) is 0 Å². The van der Waals surface area contributed by atoms with Crippen LogP contribution in [0.2, 0.25) is 0 Å². The van der Waals surface area contributed by atoms with Gasteiger partial charge in [0.25, 0.3) is 0 Å². The number of hydrogen-bond donors (Lipinski definition) is 0. The van der Waals surface area contributed by atoms with Crippen LogP contribution in [0.15, 0.2) is 174 Å². The Hall–Kier alpha value is -5.92. The van der Waals surface area contributed by atoms with Crippen molar-refractivity contribution in [3.8, 4) is 44.5 Å². The number of fused-ring (bicyclic) bond motifs is 5. The molecule has 0 unspecified atom stereocenters. The molecule has 210 valence electrons. The summed E-state index contributed by atoms with van der Waals surface area (Å²) in [5, 5.41) is 5.72. The zero-order valence-electron chi connectivity index (χ0n) is 28.3. The molecule has 8 aromatic carbocycles. The van der Waals surface area contributed by atoms with Crippen LogP contribution in [-0.2, 0) is 0 Å². The molecule has 0 saturated carbocycles. The number of para-hydroxylation sites is 1. The molecule has 9 aromatic rings. The van der Waals surface area contributed by atoms with Gasteiger partial charge >= 0.3 is 0 Å². The van der Waals surface area contributed by atoms with Crippen LogP contribution in [0, 0.1) is 0 Å². The molecular formula is C44H28O. The van der Waals surface area contributed by atoms with E-state index in [2.05, 4.69) is 42.5 Å². The van der Waals surface area contributed by atoms with Gasteiger partial charge in [-0.2, -0.15) is 0 Å². The van der Waals surface area contributed by atoms with Crippen LogP contribution in [0.1, 0.15) is 5.48 Å². The normalized spacial score (nSPS) is 12.8. The monoisotopic (exact) mass is 576 g/mol. The quantitative estimate of drug-likeness (QED) is 0.190.